The lowest BCUT2D eigenvalue weighted by molar-refractivity contribution is 0.319. The second-order valence-electron chi connectivity index (χ2n) is 4.57. The molecule has 0 radical (unpaired) electrons. The zero-order chi connectivity index (χ0) is 14.5. The van der Waals surface area contributed by atoms with Crippen LogP contribution in [-0.2, 0) is 0 Å². The van der Waals surface area contributed by atoms with Gasteiger partial charge in [-0.1, -0.05) is 19.1 Å². The molecule has 0 atom stereocenters. The average molecular weight is 280 g/mol. The van der Waals surface area contributed by atoms with E-state index in [4.69, 9.17) is 4.74 Å². The maximum atomic E-state index is 5.75. The first-order chi connectivity index (χ1) is 10.4. The van der Waals surface area contributed by atoms with E-state index in [1.54, 1.807) is 6.20 Å². The maximum Gasteiger partial charge on any atom is 0.164 e. The molecule has 0 spiro atoms. The lowest BCUT2D eigenvalue weighted by atomic mass is 10.2. The number of hydrogen-bond donors (Lipinski definition) is 1. The third-order valence-corrected chi connectivity index (χ3v) is 3.01. The summed E-state index contributed by atoms with van der Waals surface area (Å²) >= 11 is 0. The van der Waals surface area contributed by atoms with E-state index in [0.29, 0.717) is 12.3 Å². The van der Waals surface area contributed by atoms with Gasteiger partial charge in [0.25, 0.3) is 0 Å². The topological polar surface area (TPSA) is 59.9 Å². The predicted molar refractivity (Wildman–Crippen MR) is 82.8 cm³/mol. The minimum atomic E-state index is 0.668. The summed E-state index contributed by atoms with van der Waals surface area (Å²) < 4.78 is 5.75. The molecule has 2 heterocycles. The van der Waals surface area contributed by atoms with Crippen LogP contribution >= 0.6 is 0 Å². The fourth-order valence-electron chi connectivity index (χ4n) is 2.03. The van der Waals surface area contributed by atoms with Gasteiger partial charge >= 0.3 is 0 Å². The molecule has 21 heavy (non-hydrogen) atoms. The number of ether oxygens (including phenoxy) is 1. The number of pyridine rings is 1. The number of nitrogens with one attached hydrogen (secondary N) is 1. The van der Waals surface area contributed by atoms with Gasteiger partial charge in [-0.25, -0.2) is 15.0 Å². The molecule has 0 bridgehead atoms. The molecule has 5 heteroatoms. The van der Waals surface area contributed by atoms with E-state index < -0.39 is 0 Å². The molecule has 0 unspecified atom stereocenters. The normalized spacial score (nSPS) is 10.5. The highest BCUT2D eigenvalue weighted by Crippen LogP contribution is 2.29. The smallest absolute Gasteiger partial charge is 0.164 e. The summed E-state index contributed by atoms with van der Waals surface area (Å²) in [5.41, 5.74) is 1.55. The van der Waals surface area contributed by atoms with Crippen LogP contribution in [0.4, 0.5) is 11.5 Å². The van der Waals surface area contributed by atoms with Crippen molar-refractivity contribution in [2.45, 2.75) is 13.3 Å². The molecule has 0 aliphatic heterocycles. The predicted octanol–water partition coefficient (Wildman–Crippen LogP) is 3.56. The Morgan fingerprint density at radius 2 is 1.95 bits per heavy atom. The van der Waals surface area contributed by atoms with Gasteiger partial charge in [-0.3, -0.25) is 0 Å². The Morgan fingerprint density at radius 3 is 2.86 bits per heavy atom. The molecule has 0 fully saturated rings. The molecule has 0 saturated carbocycles. The molecule has 0 aliphatic rings. The number of nitrogens with zero attached hydrogens (tertiary/aromatic N) is 3. The first-order valence-electron chi connectivity index (χ1n) is 6.93. The number of fused-ring (bicyclic) bond motifs is 1. The Labute approximate surface area is 123 Å². The molecule has 3 rings (SSSR count). The first kappa shape index (κ1) is 13.3. The number of hydrogen-bond acceptors (Lipinski definition) is 5. The van der Waals surface area contributed by atoms with E-state index in [-0.39, 0.29) is 0 Å². The molecule has 5 nitrogen and oxygen atoms in total. The summed E-state index contributed by atoms with van der Waals surface area (Å²) in [5, 5.41) is 4.19. The van der Waals surface area contributed by atoms with Crippen LogP contribution < -0.4 is 10.1 Å². The van der Waals surface area contributed by atoms with Crippen molar-refractivity contribution in [1.82, 2.24) is 15.0 Å². The number of rotatable bonds is 5. The summed E-state index contributed by atoms with van der Waals surface area (Å²) in [4.78, 5) is 12.7. The third-order valence-electron chi connectivity index (χ3n) is 3.01. The Bertz CT molecular complexity index is 740. The van der Waals surface area contributed by atoms with E-state index >= 15 is 0 Å². The highest BCUT2D eigenvalue weighted by molar-refractivity contribution is 5.88. The lowest BCUT2D eigenvalue weighted by Gasteiger charge is -2.13. The van der Waals surface area contributed by atoms with Crippen molar-refractivity contribution in [3.63, 3.8) is 0 Å². The molecule has 1 aromatic carbocycles. The van der Waals surface area contributed by atoms with Crippen LogP contribution in [0.5, 0.6) is 5.75 Å². The van der Waals surface area contributed by atoms with Gasteiger partial charge in [0.15, 0.2) is 5.65 Å². The zero-order valence-corrected chi connectivity index (χ0v) is 11.8. The summed E-state index contributed by atoms with van der Waals surface area (Å²) in [6, 6.07) is 11.6. The van der Waals surface area contributed by atoms with Crippen LogP contribution in [0.1, 0.15) is 13.3 Å². The van der Waals surface area contributed by atoms with Crippen LogP contribution in [0.3, 0.4) is 0 Å². The van der Waals surface area contributed by atoms with Gasteiger partial charge in [-0.15, -0.1) is 0 Å². The van der Waals surface area contributed by atoms with Crippen molar-refractivity contribution in [2.75, 3.05) is 11.9 Å². The Kier molecular flexibility index (Phi) is 3.91. The zero-order valence-electron chi connectivity index (χ0n) is 11.8. The molecular weight excluding hydrogens is 264 g/mol. The fraction of sp³-hybridized carbons (Fsp3) is 0.188. The Hall–Kier alpha value is -2.69. The van der Waals surface area contributed by atoms with Crippen molar-refractivity contribution in [2.24, 2.45) is 0 Å². The molecule has 3 aromatic rings. The van der Waals surface area contributed by atoms with Crippen LogP contribution in [0.15, 0.2) is 48.9 Å². The van der Waals surface area contributed by atoms with Gasteiger partial charge < -0.3 is 10.1 Å². The van der Waals surface area contributed by atoms with Gasteiger partial charge in [-0.2, -0.15) is 0 Å². The molecular formula is C16H16N4O. The summed E-state index contributed by atoms with van der Waals surface area (Å²) in [6.45, 7) is 2.77. The number of benzene rings is 1. The van der Waals surface area contributed by atoms with Gasteiger partial charge in [0.2, 0.25) is 0 Å². The van der Waals surface area contributed by atoms with Gasteiger partial charge in [0.05, 0.1) is 17.7 Å². The highest BCUT2D eigenvalue weighted by atomic mass is 16.5. The minimum Gasteiger partial charge on any atom is -0.491 e. The lowest BCUT2D eigenvalue weighted by Crippen LogP contribution is -2.01. The Balaban J connectivity index is 1.95. The van der Waals surface area contributed by atoms with Crippen molar-refractivity contribution >= 4 is 22.5 Å². The molecule has 106 valence electrons. The maximum absolute atomic E-state index is 5.75. The van der Waals surface area contributed by atoms with Crippen molar-refractivity contribution in [3.8, 4) is 5.75 Å². The minimum absolute atomic E-state index is 0.668. The summed E-state index contributed by atoms with van der Waals surface area (Å²) in [6.07, 6.45) is 4.19. The fourth-order valence-corrected chi connectivity index (χ4v) is 2.03. The second kappa shape index (κ2) is 6.17. The summed E-state index contributed by atoms with van der Waals surface area (Å²) in [7, 11) is 0. The highest BCUT2D eigenvalue weighted by Gasteiger charge is 2.07. The molecule has 0 aliphatic carbocycles. The standard InChI is InChI=1S/C16H16N4O/c1-2-10-21-14-8-4-3-7-13(14)20-16-12-6-5-9-17-15(12)18-11-19-16/h3-9,11H,2,10H2,1H3,(H,17,18,19,20). The second-order valence-corrected chi connectivity index (χ2v) is 4.57. The van der Waals surface area contributed by atoms with Crippen molar-refractivity contribution in [3.05, 3.63) is 48.9 Å². The quantitative estimate of drug-likeness (QED) is 0.774. The number of para-hydroxylation sites is 2. The van der Waals surface area contributed by atoms with Gasteiger partial charge in [-0.05, 0) is 30.7 Å². The van der Waals surface area contributed by atoms with E-state index in [9.17, 15) is 0 Å². The number of aromatic nitrogens is 3. The SMILES string of the molecule is CCCOc1ccccc1Nc1ncnc2ncccc12. The van der Waals surface area contributed by atoms with Crippen LogP contribution in [0.2, 0.25) is 0 Å². The van der Waals surface area contributed by atoms with Crippen molar-refractivity contribution in [1.29, 1.82) is 0 Å². The number of anilines is 2. The first-order valence-corrected chi connectivity index (χ1v) is 6.93. The van der Waals surface area contributed by atoms with Crippen LogP contribution in [-0.4, -0.2) is 21.6 Å². The van der Waals surface area contributed by atoms with E-state index in [2.05, 4.69) is 27.2 Å². The molecule has 0 amide bonds. The van der Waals surface area contributed by atoms with E-state index in [1.165, 1.54) is 6.33 Å². The average Bonchev–Trinajstić information content (AvgIpc) is 2.54. The Morgan fingerprint density at radius 1 is 1.05 bits per heavy atom. The van der Waals surface area contributed by atoms with Gasteiger partial charge in [0, 0.05) is 6.20 Å². The summed E-state index contributed by atoms with van der Waals surface area (Å²) in [5.74, 6) is 1.54. The molecule has 1 N–H and O–H groups in total. The van der Waals surface area contributed by atoms with Gasteiger partial charge in [0.1, 0.15) is 17.9 Å². The van der Waals surface area contributed by atoms with Crippen LogP contribution in [0, 0.1) is 0 Å². The van der Waals surface area contributed by atoms with Crippen molar-refractivity contribution < 1.29 is 4.74 Å². The van der Waals surface area contributed by atoms with E-state index in [1.807, 2.05) is 36.4 Å². The molecule has 0 saturated heterocycles. The van der Waals surface area contributed by atoms with E-state index in [0.717, 1.165) is 29.1 Å². The monoisotopic (exact) mass is 280 g/mol. The molecule has 2 aromatic heterocycles. The van der Waals surface area contributed by atoms with Crippen LogP contribution in [0.25, 0.3) is 11.0 Å². The largest absolute Gasteiger partial charge is 0.491 e. The third kappa shape index (κ3) is 2.91.